The van der Waals surface area contributed by atoms with Gasteiger partial charge in [0.05, 0.1) is 0 Å². The molecule has 1 fully saturated rings. The summed E-state index contributed by atoms with van der Waals surface area (Å²) in [4.78, 5) is 0. The highest BCUT2D eigenvalue weighted by Crippen LogP contribution is 2.51. The van der Waals surface area contributed by atoms with Gasteiger partial charge in [-0.2, -0.15) is 0 Å². The van der Waals surface area contributed by atoms with E-state index in [9.17, 15) is 0 Å². The Morgan fingerprint density at radius 3 is 1.57 bits per heavy atom. The Bertz CT molecular complexity index is 166. The molecule has 0 aromatic heterocycles. The quantitative estimate of drug-likeness (QED) is 0.671. The van der Waals surface area contributed by atoms with E-state index in [1.807, 2.05) is 0 Å². The lowest BCUT2D eigenvalue weighted by Crippen LogP contribution is -2.37. The van der Waals surface area contributed by atoms with Crippen molar-refractivity contribution in [1.29, 1.82) is 0 Å². The molecule has 0 unspecified atom stereocenters. The predicted octanol–water partition coefficient (Wildman–Crippen LogP) is 2.21. The van der Waals surface area contributed by atoms with Crippen LogP contribution < -0.4 is 0 Å². The van der Waals surface area contributed by atoms with E-state index in [0.717, 1.165) is 0 Å². The van der Waals surface area contributed by atoms with Crippen molar-refractivity contribution in [3.05, 3.63) is 0 Å². The second kappa shape index (κ2) is 4.89. The average molecular weight is 217 g/mol. The Hall–Kier alpha value is 0.310. The second-order valence-corrected chi connectivity index (χ2v) is 6.96. The molecule has 3 nitrogen and oxygen atoms in total. The molecule has 0 amide bonds. The van der Waals surface area contributed by atoms with E-state index in [4.69, 9.17) is 0 Å². The van der Waals surface area contributed by atoms with Crippen LogP contribution in [0.4, 0.5) is 0 Å². The molecule has 1 aliphatic heterocycles. The van der Waals surface area contributed by atoms with Gasteiger partial charge >= 0.3 is 0 Å². The zero-order valence-electron chi connectivity index (χ0n) is 10.4. The number of hydrogen-bond donors (Lipinski definition) is 0. The van der Waals surface area contributed by atoms with Crippen molar-refractivity contribution in [3.63, 3.8) is 0 Å². The van der Waals surface area contributed by atoms with Crippen molar-refractivity contribution in [2.45, 2.75) is 39.8 Å². The van der Waals surface area contributed by atoms with Crippen LogP contribution in [0.1, 0.15) is 27.7 Å². The van der Waals surface area contributed by atoms with Crippen LogP contribution in [0.5, 0.6) is 0 Å². The molecular formula is C10H24N3P. The molecule has 4 heteroatoms. The number of hydrogen-bond acceptors (Lipinski definition) is 3. The second-order valence-electron chi connectivity index (χ2n) is 4.60. The lowest BCUT2D eigenvalue weighted by atomic mass is 10.3. The minimum Gasteiger partial charge on any atom is -0.259 e. The van der Waals surface area contributed by atoms with Gasteiger partial charge in [0.1, 0.15) is 8.37 Å². The maximum Gasteiger partial charge on any atom is 0.120 e. The van der Waals surface area contributed by atoms with Crippen molar-refractivity contribution in [2.24, 2.45) is 0 Å². The molecule has 0 spiro atoms. The summed E-state index contributed by atoms with van der Waals surface area (Å²) in [5.74, 6) is 0. The highest BCUT2D eigenvalue weighted by molar-refractivity contribution is 7.50. The molecule has 0 N–H and O–H groups in total. The third-order valence-corrected chi connectivity index (χ3v) is 5.58. The number of likely N-dealkylation sites (N-methyl/N-ethyl adjacent to an activating group) is 2. The number of nitrogens with zero attached hydrogens (tertiary/aromatic N) is 3. The monoisotopic (exact) mass is 217 g/mol. The molecule has 0 aromatic carbocycles. The number of rotatable bonds is 3. The Labute approximate surface area is 90.0 Å². The van der Waals surface area contributed by atoms with Crippen LogP contribution in [-0.2, 0) is 0 Å². The summed E-state index contributed by atoms with van der Waals surface area (Å²) in [6.45, 7) is 11.6. The van der Waals surface area contributed by atoms with Crippen LogP contribution in [0.25, 0.3) is 0 Å². The predicted molar refractivity (Wildman–Crippen MR) is 64.3 cm³/mol. The van der Waals surface area contributed by atoms with Crippen LogP contribution in [0.3, 0.4) is 0 Å². The molecule has 0 aliphatic carbocycles. The molecule has 1 aliphatic rings. The van der Waals surface area contributed by atoms with Crippen LogP contribution in [0, 0.1) is 0 Å². The minimum atomic E-state index is -0.210. The van der Waals surface area contributed by atoms with Crippen molar-refractivity contribution in [1.82, 2.24) is 14.0 Å². The molecule has 1 rings (SSSR count). The largest absolute Gasteiger partial charge is 0.259 e. The van der Waals surface area contributed by atoms with Crippen molar-refractivity contribution >= 4 is 8.37 Å². The Morgan fingerprint density at radius 2 is 1.29 bits per heavy atom. The van der Waals surface area contributed by atoms with Gasteiger partial charge in [-0.3, -0.25) is 14.0 Å². The summed E-state index contributed by atoms with van der Waals surface area (Å²) < 4.78 is 7.62. The summed E-state index contributed by atoms with van der Waals surface area (Å²) >= 11 is 0. The van der Waals surface area contributed by atoms with Crippen LogP contribution in [0.2, 0.25) is 0 Å². The average Bonchev–Trinajstić information content (AvgIpc) is 2.34. The summed E-state index contributed by atoms with van der Waals surface area (Å²) in [6.07, 6.45) is 0. The molecular weight excluding hydrogens is 193 g/mol. The van der Waals surface area contributed by atoms with E-state index in [-0.39, 0.29) is 8.37 Å². The molecule has 1 saturated heterocycles. The van der Waals surface area contributed by atoms with Gasteiger partial charge in [-0.25, -0.2) is 0 Å². The van der Waals surface area contributed by atoms with E-state index < -0.39 is 0 Å². The first-order valence-electron chi connectivity index (χ1n) is 5.45. The smallest absolute Gasteiger partial charge is 0.120 e. The lowest BCUT2D eigenvalue weighted by molar-refractivity contribution is 0.297. The van der Waals surface area contributed by atoms with E-state index in [0.29, 0.717) is 12.1 Å². The van der Waals surface area contributed by atoms with Crippen LogP contribution >= 0.6 is 8.37 Å². The maximum atomic E-state index is 2.63. The van der Waals surface area contributed by atoms with E-state index in [2.05, 4.69) is 55.8 Å². The third-order valence-electron chi connectivity index (χ3n) is 2.62. The zero-order valence-corrected chi connectivity index (χ0v) is 11.3. The lowest BCUT2D eigenvalue weighted by Gasteiger charge is -2.41. The zero-order chi connectivity index (χ0) is 10.9. The first kappa shape index (κ1) is 12.4. The summed E-state index contributed by atoms with van der Waals surface area (Å²) in [6, 6.07) is 1.26. The van der Waals surface area contributed by atoms with Gasteiger partial charge in [-0.05, 0) is 41.8 Å². The van der Waals surface area contributed by atoms with Gasteiger partial charge in [0.25, 0.3) is 0 Å². The van der Waals surface area contributed by atoms with E-state index >= 15 is 0 Å². The van der Waals surface area contributed by atoms with E-state index in [1.165, 1.54) is 13.1 Å². The van der Waals surface area contributed by atoms with Gasteiger partial charge in [0.2, 0.25) is 0 Å². The summed E-state index contributed by atoms with van der Waals surface area (Å²) in [7, 11) is 4.28. The first-order valence-corrected chi connectivity index (χ1v) is 6.65. The Balaban J connectivity index is 2.76. The van der Waals surface area contributed by atoms with Crippen molar-refractivity contribution in [3.8, 4) is 0 Å². The molecule has 84 valence electrons. The van der Waals surface area contributed by atoms with E-state index in [1.54, 1.807) is 0 Å². The topological polar surface area (TPSA) is 9.72 Å². The van der Waals surface area contributed by atoms with Crippen LogP contribution in [0.15, 0.2) is 0 Å². The first-order chi connectivity index (χ1) is 6.45. The van der Waals surface area contributed by atoms with Gasteiger partial charge in [-0.15, -0.1) is 0 Å². The highest BCUT2D eigenvalue weighted by atomic mass is 31.2. The minimum absolute atomic E-state index is 0.210. The fraction of sp³-hybridized carbons (Fsp3) is 1.00. The Morgan fingerprint density at radius 1 is 0.929 bits per heavy atom. The molecule has 1 heterocycles. The highest BCUT2D eigenvalue weighted by Gasteiger charge is 2.35. The summed E-state index contributed by atoms with van der Waals surface area (Å²) in [5, 5.41) is 0. The summed E-state index contributed by atoms with van der Waals surface area (Å²) in [5.41, 5.74) is 0. The van der Waals surface area contributed by atoms with Gasteiger partial charge < -0.3 is 0 Å². The fourth-order valence-electron chi connectivity index (χ4n) is 2.09. The molecule has 0 aromatic rings. The SMILES string of the molecule is CC(C)N(C(C)C)P1N(C)CCN1C. The van der Waals surface area contributed by atoms with Crippen molar-refractivity contribution < 1.29 is 0 Å². The van der Waals surface area contributed by atoms with Gasteiger partial charge in [0.15, 0.2) is 0 Å². The molecule has 0 bridgehead atoms. The Kier molecular flexibility index (Phi) is 4.32. The molecule has 0 atom stereocenters. The van der Waals surface area contributed by atoms with Crippen molar-refractivity contribution in [2.75, 3.05) is 27.2 Å². The molecule has 14 heavy (non-hydrogen) atoms. The maximum absolute atomic E-state index is 2.63. The van der Waals surface area contributed by atoms with Gasteiger partial charge in [-0.1, -0.05) is 0 Å². The van der Waals surface area contributed by atoms with Gasteiger partial charge in [0, 0.05) is 25.2 Å². The third kappa shape index (κ3) is 2.46. The fourth-order valence-corrected chi connectivity index (χ4v) is 4.68. The molecule has 0 radical (unpaired) electrons. The molecule has 0 saturated carbocycles. The standard InChI is InChI=1S/C10H24N3P/c1-9(2)13(10(3)4)14-11(5)7-8-12(14)6/h9-10H,7-8H2,1-6H3. The van der Waals surface area contributed by atoms with Crippen LogP contribution in [-0.4, -0.2) is 53.3 Å². The normalized spacial score (nSPS) is 22.1.